The number of amides is 1. The molecule has 0 fully saturated rings. The van der Waals surface area contributed by atoms with Gasteiger partial charge in [0.1, 0.15) is 17.3 Å². The number of hydrogen-bond donors (Lipinski definition) is 2. The fraction of sp³-hybridized carbons (Fsp3) is 0.368. The fourth-order valence-corrected chi connectivity index (χ4v) is 2.38. The van der Waals surface area contributed by atoms with Crippen molar-refractivity contribution in [3.05, 3.63) is 42.1 Å². The van der Waals surface area contributed by atoms with E-state index in [1.165, 1.54) is 0 Å². The number of benzene rings is 1. The van der Waals surface area contributed by atoms with Crippen LogP contribution in [-0.4, -0.2) is 57.2 Å². The van der Waals surface area contributed by atoms with Crippen molar-refractivity contribution in [3.8, 4) is 11.5 Å². The van der Waals surface area contributed by atoms with Gasteiger partial charge in [-0.05, 0) is 51.3 Å². The average molecular weight is 358 g/mol. The van der Waals surface area contributed by atoms with E-state index in [1.54, 1.807) is 50.7 Å². The summed E-state index contributed by atoms with van der Waals surface area (Å²) in [4.78, 5) is 18.9. The molecule has 0 saturated carbocycles. The van der Waals surface area contributed by atoms with E-state index in [-0.39, 0.29) is 5.91 Å². The quantitative estimate of drug-likeness (QED) is 0.671. The number of aromatic nitrogens is 1. The van der Waals surface area contributed by atoms with Crippen LogP contribution in [0.15, 0.2) is 36.5 Å². The summed E-state index contributed by atoms with van der Waals surface area (Å²) < 4.78 is 10.5. The molecule has 0 saturated heterocycles. The Morgan fingerprint density at radius 3 is 2.65 bits per heavy atom. The maximum Gasteiger partial charge on any atom is 0.255 e. The predicted octanol–water partition coefficient (Wildman–Crippen LogP) is 2.71. The summed E-state index contributed by atoms with van der Waals surface area (Å²) in [6, 6.07) is 8.65. The van der Waals surface area contributed by atoms with Gasteiger partial charge in [0.15, 0.2) is 0 Å². The topological polar surface area (TPSA) is 75.7 Å². The maximum atomic E-state index is 12.5. The van der Waals surface area contributed by atoms with Crippen LogP contribution in [0.4, 0.5) is 11.5 Å². The molecule has 26 heavy (non-hydrogen) atoms. The summed E-state index contributed by atoms with van der Waals surface area (Å²) in [6.07, 6.45) is 2.61. The van der Waals surface area contributed by atoms with E-state index in [0.717, 1.165) is 19.5 Å². The van der Waals surface area contributed by atoms with Crippen LogP contribution in [-0.2, 0) is 0 Å². The van der Waals surface area contributed by atoms with Gasteiger partial charge in [-0.25, -0.2) is 4.98 Å². The van der Waals surface area contributed by atoms with Crippen molar-refractivity contribution < 1.29 is 14.3 Å². The first-order chi connectivity index (χ1) is 12.5. The van der Waals surface area contributed by atoms with E-state index >= 15 is 0 Å². The summed E-state index contributed by atoms with van der Waals surface area (Å²) in [5, 5.41) is 6.09. The third-order valence-corrected chi connectivity index (χ3v) is 3.77. The van der Waals surface area contributed by atoms with Gasteiger partial charge in [-0.15, -0.1) is 0 Å². The summed E-state index contributed by atoms with van der Waals surface area (Å²) in [5.74, 6) is 1.65. The van der Waals surface area contributed by atoms with Gasteiger partial charge in [-0.2, -0.15) is 0 Å². The van der Waals surface area contributed by atoms with Gasteiger partial charge in [-0.3, -0.25) is 4.79 Å². The van der Waals surface area contributed by atoms with Crippen LogP contribution in [0.3, 0.4) is 0 Å². The summed E-state index contributed by atoms with van der Waals surface area (Å²) in [5.41, 5.74) is 1.10. The zero-order valence-corrected chi connectivity index (χ0v) is 15.7. The van der Waals surface area contributed by atoms with Gasteiger partial charge >= 0.3 is 0 Å². The molecule has 1 aromatic carbocycles. The van der Waals surface area contributed by atoms with Crippen LogP contribution >= 0.6 is 0 Å². The number of anilines is 2. The van der Waals surface area contributed by atoms with Crippen LogP contribution in [0.2, 0.25) is 0 Å². The van der Waals surface area contributed by atoms with Gasteiger partial charge in [-0.1, -0.05) is 0 Å². The maximum absolute atomic E-state index is 12.5. The number of nitrogens with zero attached hydrogens (tertiary/aromatic N) is 2. The molecule has 0 spiro atoms. The Balaban J connectivity index is 2.02. The average Bonchev–Trinajstić information content (AvgIpc) is 2.65. The van der Waals surface area contributed by atoms with E-state index in [2.05, 4.69) is 20.5 Å². The molecule has 0 atom stereocenters. The van der Waals surface area contributed by atoms with Gasteiger partial charge < -0.3 is 25.0 Å². The minimum Gasteiger partial charge on any atom is -0.497 e. The van der Waals surface area contributed by atoms with Crippen molar-refractivity contribution in [2.45, 2.75) is 6.42 Å². The molecular formula is C19H26N4O3. The lowest BCUT2D eigenvalue weighted by Gasteiger charge is -2.12. The first kappa shape index (κ1) is 19.5. The molecular weight excluding hydrogens is 332 g/mol. The third kappa shape index (κ3) is 5.63. The second kappa shape index (κ2) is 9.62. The Bertz CT molecular complexity index is 734. The number of rotatable bonds is 9. The summed E-state index contributed by atoms with van der Waals surface area (Å²) in [6.45, 7) is 1.78. The lowest BCUT2D eigenvalue weighted by molar-refractivity contribution is 0.102. The molecule has 2 aromatic rings. The molecule has 140 valence electrons. The number of methoxy groups -OCH3 is 2. The van der Waals surface area contributed by atoms with Gasteiger partial charge in [0, 0.05) is 24.4 Å². The van der Waals surface area contributed by atoms with Crippen LogP contribution < -0.4 is 20.1 Å². The second-order valence-electron chi connectivity index (χ2n) is 6.03. The van der Waals surface area contributed by atoms with E-state index in [9.17, 15) is 4.79 Å². The first-order valence-electron chi connectivity index (χ1n) is 8.41. The van der Waals surface area contributed by atoms with E-state index < -0.39 is 0 Å². The highest BCUT2D eigenvalue weighted by atomic mass is 16.5. The van der Waals surface area contributed by atoms with Crippen LogP contribution in [0.5, 0.6) is 11.5 Å². The lowest BCUT2D eigenvalue weighted by Crippen LogP contribution is -2.17. The van der Waals surface area contributed by atoms with Crippen LogP contribution in [0.25, 0.3) is 0 Å². The van der Waals surface area contributed by atoms with Gasteiger partial charge in [0.25, 0.3) is 5.91 Å². The molecule has 0 bridgehead atoms. The molecule has 0 aliphatic heterocycles. The molecule has 0 aliphatic rings. The van der Waals surface area contributed by atoms with Crippen molar-refractivity contribution in [3.63, 3.8) is 0 Å². The largest absolute Gasteiger partial charge is 0.497 e. The van der Waals surface area contributed by atoms with Crippen molar-refractivity contribution in [2.24, 2.45) is 0 Å². The van der Waals surface area contributed by atoms with Crippen molar-refractivity contribution in [1.29, 1.82) is 0 Å². The van der Waals surface area contributed by atoms with Crippen molar-refractivity contribution in [1.82, 2.24) is 9.88 Å². The molecule has 0 aliphatic carbocycles. The van der Waals surface area contributed by atoms with Crippen LogP contribution in [0.1, 0.15) is 16.8 Å². The molecule has 2 rings (SSSR count). The van der Waals surface area contributed by atoms with Crippen molar-refractivity contribution >= 4 is 17.4 Å². The van der Waals surface area contributed by atoms with Gasteiger partial charge in [0.05, 0.1) is 19.9 Å². The number of ether oxygens (including phenoxy) is 2. The molecule has 1 heterocycles. The molecule has 0 unspecified atom stereocenters. The highest BCUT2D eigenvalue weighted by molar-refractivity contribution is 6.05. The van der Waals surface area contributed by atoms with Crippen LogP contribution in [0, 0.1) is 0 Å². The zero-order valence-electron chi connectivity index (χ0n) is 15.7. The third-order valence-electron chi connectivity index (χ3n) is 3.77. The molecule has 0 radical (unpaired) electrons. The Morgan fingerprint density at radius 2 is 1.96 bits per heavy atom. The minimum atomic E-state index is -0.229. The molecule has 2 N–H and O–H groups in total. The smallest absolute Gasteiger partial charge is 0.255 e. The van der Waals surface area contributed by atoms with E-state index in [1.807, 2.05) is 14.1 Å². The number of carbonyl (C=O) groups excluding carboxylic acids is 1. The predicted molar refractivity (Wildman–Crippen MR) is 103 cm³/mol. The van der Waals surface area contributed by atoms with E-state index in [4.69, 9.17) is 9.47 Å². The van der Waals surface area contributed by atoms with Crippen molar-refractivity contribution in [2.75, 3.05) is 52.0 Å². The Labute approximate surface area is 154 Å². The number of nitrogens with one attached hydrogen (secondary N) is 2. The molecule has 1 amide bonds. The van der Waals surface area contributed by atoms with E-state index in [0.29, 0.717) is 28.6 Å². The summed E-state index contributed by atoms with van der Waals surface area (Å²) >= 11 is 0. The second-order valence-corrected chi connectivity index (χ2v) is 6.03. The highest BCUT2D eigenvalue weighted by Crippen LogP contribution is 2.29. The first-order valence-corrected chi connectivity index (χ1v) is 8.41. The SMILES string of the molecule is COc1ccc(NC(=O)c2ccnc(NCCCN(C)C)c2)c(OC)c1. The fourth-order valence-electron chi connectivity index (χ4n) is 2.38. The molecule has 1 aromatic heterocycles. The monoisotopic (exact) mass is 358 g/mol. The number of pyridine rings is 1. The Kier molecular flexibility index (Phi) is 7.23. The Hall–Kier alpha value is -2.80. The number of hydrogen-bond acceptors (Lipinski definition) is 6. The Morgan fingerprint density at radius 1 is 1.15 bits per heavy atom. The number of carbonyl (C=O) groups is 1. The zero-order chi connectivity index (χ0) is 18.9. The lowest BCUT2D eigenvalue weighted by atomic mass is 10.2. The minimum absolute atomic E-state index is 0.229. The molecule has 7 heteroatoms. The molecule has 7 nitrogen and oxygen atoms in total. The summed E-state index contributed by atoms with van der Waals surface area (Å²) in [7, 11) is 7.21. The standard InChI is InChI=1S/C19H26N4O3/c1-23(2)11-5-9-20-18-12-14(8-10-21-18)19(24)22-16-7-6-15(25-3)13-17(16)26-4/h6-8,10,12-13H,5,9,11H2,1-4H3,(H,20,21)(H,22,24). The highest BCUT2D eigenvalue weighted by Gasteiger charge is 2.11. The normalized spacial score (nSPS) is 10.5. The van der Waals surface area contributed by atoms with Gasteiger partial charge in [0.2, 0.25) is 0 Å².